The molecule has 0 saturated carbocycles. The number of nitrogens with zero attached hydrogens (tertiary/aromatic N) is 2. The van der Waals surface area contributed by atoms with Gasteiger partial charge in [0.25, 0.3) is 11.4 Å². The number of benzene rings is 2. The topological polar surface area (TPSA) is 98.3 Å². The fourth-order valence-corrected chi connectivity index (χ4v) is 3.62. The number of thioether (sulfide) groups is 1. The number of nitro benzene ring substituents is 2. The normalized spacial score (nSPS) is 12.5. The summed E-state index contributed by atoms with van der Waals surface area (Å²) in [5, 5.41) is 25.1. The Morgan fingerprint density at radius 3 is 1.85 bits per heavy atom. The molecule has 180 valence electrons. The number of nitro groups is 2. The van der Waals surface area contributed by atoms with Crippen LogP contribution < -0.4 is 5.32 Å². The average Bonchev–Trinajstić information content (AvgIpc) is 2.69. The van der Waals surface area contributed by atoms with Crippen LogP contribution in [0.5, 0.6) is 0 Å². The van der Waals surface area contributed by atoms with Gasteiger partial charge in [-0.2, -0.15) is 26.3 Å². The van der Waals surface area contributed by atoms with Crippen LogP contribution in [0.4, 0.5) is 43.4 Å². The number of anilines is 1. The lowest BCUT2D eigenvalue weighted by molar-refractivity contribution is -0.392. The average molecular weight is 497 g/mol. The lowest BCUT2D eigenvalue weighted by Crippen LogP contribution is -2.27. The second-order valence-corrected chi connectivity index (χ2v) is 9.18. The molecule has 14 heteroatoms. The van der Waals surface area contributed by atoms with E-state index >= 15 is 0 Å². The quantitative estimate of drug-likeness (QED) is 0.249. The largest absolute Gasteiger partial charge is 0.416 e. The maximum Gasteiger partial charge on any atom is 0.416 e. The molecule has 2 aromatic carbocycles. The molecule has 7 nitrogen and oxygen atoms in total. The first kappa shape index (κ1) is 26.2. The zero-order chi connectivity index (χ0) is 25.2. The van der Waals surface area contributed by atoms with Gasteiger partial charge in [0, 0.05) is 29.2 Å². The number of rotatable bonds is 8. The molecular weight excluding hydrogens is 480 g/mol. The summed E-state index contributed by atoms with van der Waals surface area (Å²) < 4.78 is 76.8. The van der Waals surface area contributed by atoms with Gasteiger partial charge in [0.15, 0.2) is 5.69 Å². The molecular formula is C19H17F6N3O4S. The Kier molecular flexibility index (Phi) is 7.51. The molecule has 0 spiro atoms. The molecule has 33 heavy (non-hydrogen) atoms. The van der Waals surface area contributed by atoms with Crippen molar-refractivity contribution in [1.82, 2.24) is 0 Å². The lowest BCUT2D eigenvalue weighted by Gasteiger charge is -2.25. The second kappa shape index (κ2) is 9.45. The summed E-state index contributed by atoms with van der Waals surface area (Å²) in [6.45, 7) is 3.09. The van der Waals surface area contributed by atoms with Crippen molar-refractivity contribution < 1.29 is 36.2 Å². The Bertz CT molecular complexity index is 1020. The van der Waals surface area contributed by atoms with Gasteiger partial charge in [-0.15, -0.1) is 11.8 Å². The molecule has 0 saturated heterocycles. The molecule has 2 rings (SSSR count). The van der Waals surface area contributed by atoms with Crippen LogP contribution in [0.15, 0.2) is 36.4 Å². The molecule has 0 fully saturated rings. The number of hydrogen-bond donors (Lipinski definition) is 1. The number of hydrogen-bond acceptors (Lipinski definition) is 6. The van der Waals surface area contributed by atoms with Gasteiger partial charge in [-0.05, 0) is 25.5 Å². The maximum absolute atomic E-state index is 13.0. The van der Waals surface area contributed by atoms with Gasteiger partial charge in [-0.25, -0.2) is 0 Å². The van der Waals surface area contributed by atoms with E-state index in [1.54, 1.807) is 13.8 Å². The van der Waals surface area contributed by atoms with E-state index in [0.717, 1.165) is 23.9 Å². The van der Waals surface area contributed by atoms with Crippen LogP contribution in [-0.4, -0.2) is 21.1 Å². The third-order valence-electron chi connectivity index (χ3n) is 4.39. The lowest BCUT2D eigenvalue weighted by atomic mass is 10.1. The predicted octanol–water partition coefficient (Wildman–Crippen LogP) is 6.66. The first-order chi connectivity index (χ1) is 15.0. The molecule has 0 bridgehead atoms. The Morgan fingerprint density at radius 2 is 1.39 bits per heavy atom. The minimum absolute atomic E-state index is 0.121. The highest BCUT2D eigenvalue weighted by Crippen LogP contribution is 2.42. The second-order valence-electron chi connectivity index (χ2n) is 7.50. The van der Waals surface area contributed by atoms with Crippen molar-refractivity contribution in [3.05, 3.63) is 73.3 Å². The molecule has 0 atom stereocenters. The SMILES string of the molecule is CC(C)(CNc1c([N+](=O)[O-])cc(C(F)(F)F)cc1[N+](=O)[O-])SCc1cccc(C(F)(F)F)c1. The van der Waals surface area contributed by atoms with Gasteiger partial charge >= 0.3 is 12.4 Å². The molecule has 0 aliphatic carbocycles. The zero-order valence-electron chi connectivity index (χ0n) is 17.1. The van der Waals surface area contributed by atoms with E-state index in [1.165, 1.54) is 12.1 Å². The molecule has 2 aromatic rings. The highest BCUT2D eigenvalue weighted by Gasteiger charge is 2.38. The molecule has 0 aliphatic heterocycles. The molecule has 0 radical (unpaired) electrons. The van der Waals surface area contributed by atoms with Crippen molar-refractivity contribution in [2.45, 2.75) is 36.7 Å². The predicted molar refractivity (Wildman–Crippen MR) is 110 cm³/mol. The van der Waals surface area contributed by atoms with Crippen LogP contribution in [0.2, 0.25) is 0 Å². The first-order valence-corrected chi connectivity index (χ1v) is 10.1. The number of halogens is 6. The summed E-state index contributed by atoms with van der Waals surface area (Å²) in [5.74, 6) is 0.121. The van der Waals surface area contributed by atoms with Crippen LogP contribution in [-0.2, 0) is 18.1 Å². The van der Waals surface area contributed by atoms with Crippen LogP contribution in [0.25, 0.3) is 0 Å². The summed E-state index contributed by atoms with van der Waals surface area (Å²) in [6.07, 6.45) is -9.55. The van der Waals surface area contributed by atoms with Crippen LogP contribution in [0, 0.1) is 20.2 Å². The van der Waals surface area contributed by atoms with Crippen LogP contribution >= 0.6 is 11.8 Å². The van der Waals surface area contributed by atoms with Gasteiger partial charge in [0.05, 0.1) is 21.0 Å². The molecule has 1 N–H and O–H groups in total. The summed E-state index contributed by atoms with van der Waals surface area (Å²) in [6, 6.07) is 5.04. The minimum atomic E-state index is -5.03. The molecule has 0 unspecified atom stereocenters. The Morgan fingerprint density at radius 1 is 0.879 bits per heavy atom. The zero-order valence-corrected chi connectivity index (χ0v) is 17.9. The Hall–Kier alpha value is -3.03. The van der Waals surface area contributed by atoms with Gasteiger partial charge in [0.1, 0.15) is 0 Å². The van der Waals surface area contributed by atoms with E-state index < -0.39 is 55.1 Å². The van der Waals surface area contributed by atoms with Crippen molar-refractivity contribution in [2.24, 2.45) is 0 Å². The van der Waals surface area contributed by atoms with E-state index in [2.05, 4.69) is 5.32 Å². The third kappa shape index (κ3) is 6.97. The maximum atomic E-state index is 13.0. The summed E-state index contributed by atoms with van der Waals surface area (Å²) >= 11 is 1.16. The van der Waals surface area contributed by atoms with Crippen molar-refractivity contribution in [3.8, 4) is 0 Å². The van der Waals surface area contributed by atoms with Gasteiger partial charge in [0.2, 0.25) is 0 Å². The highest BCUT2D eigenvalue weighted by atomic mass is 32.2. The van der Waals surface area contributed by atoms with Crippen molar-refractivity contribution >= 4 is 28.8 Å². The van der Waals surface area contributed by atoms with E-state index in [4.69, 9.17) is 0 Å². The van der Waals surface area contributed by atoms with Crippen LogP contribution in [0.3, 0.4) is 0 Å². The van der Waals surface area contributed by atoms with Gasteiger partial charge in [-0.3, -0.25) is 20.2 Å². The van der Waals surface area contributed by atoms with E-state index in [1.807, 2.05) is 0 Å². The number of nitrogens with one attached hydrogen (secondary N) is 1. The monoisotopic (exact) mass is 497 g/mol. The van der Waals surface area contributed by atoms with Gasteiger partial charge in [-0.1, -0.05) is 18.2 Å². The number of alkyl halides is 6. The van der Waals surface area contributed by atoms with E-state index in [-0.39, 0.29) is 24.4 Å². The molecule has 0 aliphatic rings. The Labute approximate surface area is 187 Å². The summed E-state index contributed by atoms with van der Waals surface area (Å²) in [4.78, 5) is 20.3. The van der Waals surface area contributed by atoms with E-state index in [9.17, 15) is 46.6 Å². The standard InChI is InChI=1S/C19H17F6N3O4S/c1-17(2,33-9-11-4-3-5-12(6-11)18(20,21)22)10-26-16-14(27(29)30)7-13(19(23,24)25)8-15(16)28(31)32/h3-8,26H,9-10H2,1-2H3. The minimum Gasteiger partial charge on any atom is -0.372 e. The first-order valence-electron chi connectivity index (χ1n) is 9.09. The fourth-order valence-electron chi connectivity index (χ4n) is 2.71. The summed E-state index contributed by atoms with van der Waals surface area (Å²) in [7, 11) is 0. The molecule has 0 heterocycles. The molecule has 0 aromatic heterocycles. The Balaban J connectivity index is 2.25. The van der Waals surface area contributed by atoms with Crippen molar-refractivity contribution in [1.29, 1.82) is 0 Å². The third-order valence-corrected chi connectivity index (χ3v) is 5.80. The van der Waals surface area contributed by atoms with Crippen LogP contribution in [0.1, 0.15) is 30.5 Å². The smallest absolute Gasteiger partial charge is 0.372 e. The van der Waals surface area contributed by atoms with Crippen molar-refractivity contribution in [3.63, 3.8) is 0 Å². The highest BCUT2D eigenvalue weighted by molar-refractivity contribution is 7.99. The van der Waals surface area contributed by atoms with Gasteiger partial charge < -0.3 is 5.32 Å². The fraction of sp³-hybridized carbons (Fsp3) is 0.368. The summed E-state index contributed by atoms with van der Waals surface area (Å²) in [5.41, 5.74) is -4.93. The van der Waals surface area contributed by atoms with E-state index in [0.29, 0.717) is 5.56 Å². The molecule has 0 amide bonds. The van der Waals surface area contributed by atoms with Crippen molar-refractivity contribution in [2.75, 3.05) is 11.9 Å².